The molecule has 0 aliphatic heterocycles. The minimum atomic E-state index is -4.26. The molecule has 20 heavy (non-hydrogen) atoms. The van der Waals surface area contributed by atoms with E-state index >= 15 is 0 Å². The molecule has 0 amide bonds. The van der Waals surface area contributed by atoms with Gasteiger partial charge in [0.15, 0.2) is 0 Å². The van der Waals surface area contributed by atoms with Gasteiger partial charge in [0.25, 0.3) is 0 Å². The van der Waals surface area contributed by atoms with Crippen molar-refractivity contribution in [3.05, 3.63) is 6.07 Å². The molecule has 5 nitrogen and oxygen atoms in total. The predicted molar refractivity (Wildman–Crippen MR) is 71.6 cm³/mol. The van der Waals surface area contributed by atoms with E-state index < -0.39 is 12.7 Å². The number of nitrogen functional groups attached to an aromatic ring is 1. The van der Waals surface area contributed by atoms with Gasteiger partial charge < -0.3 is 16.0 Å². The van der Waals surface area contributed by atoms with Gasteiger partial charge in [0.1, 0.15) is 18.2 Å². The summed E-state index contributed by atoms with van der Waals surface area (Å²) >= 11 is 0. The van der Waals surface area contributed by atoms with Crippen molar-refractivity contribution in [2.24, 2.45) is 0 Å². The Kier molecular flexibility index (Phi) is 4.20. The lowest BCUT2D eigenvalue weighted by atomic mass is 10.4. The van der Waals surface area contributed by atoms with Crippen molar-refractivity contribution < 1.29 is 13.2 Å². The first-order valence-electron chi connectivity index (χ1n) is 6.61. The standard InChI is InChI=1S/C12H18F3N5/c1-2-5-17-9-6-10(19-11(16)18-9)20(8-3-4-8)7-12(13,14)15/h6,8H,2-5,7H2,1H3,(H3,16,17,18,19). The van der Waals surface area contributed by atoms with Crippen LogP contribution in [0.2, 0.25) is 0 Å². The van der Waals surface area contributed by atoms with Crippen LogP contribution in [-0.2, 0) is 0 Å². The number of aromatic nitrogens is 2. The first kappa shape index (κ1) is 14.7. The summed E-state index contributed by atoms with van der Waals surface area (Å²) in [5.41, 5.74) is 5.58. The molecule has 1 aliphatic carbocycles. The molecule has 1 aliphatic rings. The number of halogens is 3. The van der Waals surface area contributed by atoms with Crippen LogP contribution in [-0.4, -0.2) is 35.3 Å². The highest BCUT2D eigenvalue weighted by molar-refractivity contribution is 5.54. The van der Waals surface area contributed by atoms with Crippen LogP contribution < -0.4 is 16.0 Å². The van der Waals surface area contributed by atoms with E-state index in [1.807, 2.05) is 6.92 Å². The third-order valence-electron chi connectivity index (χ3n) is 2.92. The van der Waals surface area contributed by atoms with Crippen LogP contribution in [0, 0.1) is 0 Å². The fraction of sp³-hybridized carbons (Fsp3) is 0.667. The smallest absolute Gasteiger partial charge is 0.370 e. The van der Waals surface area contributed by atoms with Gasteiger partial charge in [-0.05, 0) is 19.3 Å². The van der Waals surface area contributed by atoms with E-state index in [1.54, 1.807) is 0 Å². The fourth-order valence-corrected chi connectivity index (χ4v) is 1.92. The maximum Gasteiger partial charge on any atom is 0.405 e. The highest BCUT2D eigenvalue weighted by Gasteiger charge is 2.39. The van der Waals surface area contributed by atoms with Gasteiger partial charge in [-0.1, -0.05) is 6.92 Å². The van der Waals surface area contributed by atoms with Gasteiger partial charge in [-0.15, -0.1) is 0 Å². The maximum atomic E-state index is 12.7. The largest absolute Gasteiger partial charge is 0.405 e. The van der Waals surface area contributed by atoms with Crippen LogP contribution >= 0.6 is 0 Å². The van der Waals surface area contributed by atoms with Crippen LogP contribution in [0.4, 0.5) is 30.8 Å². The monoisotopic (exact) mass is 289 g/mol. The molecule has 112 valence electrons. The number of nitrogens with zero attached hydrogens (tertiary/aromatic N) is 3. The molecule has 0 bridgehead atoms. The van der Waals surface area contributed by atoms with Crippen LogP contribution in [0.3, 0.4) is 0 Å². The molecule has 8 heteroatoms. The normalized spacial score (nSPS) is 15.2. The van der Waals surface area contributed by atoms with E-state index in [1.165, 1.54) is 11.0 Å². The van der Waals surface area contributed by atoms with Gasteiger partial charge in [-0.2, -0.15) is 23.1 Å². The number of alkyl halides is 3. The molecule has 0 aromatic carbocycles. The minimum absolute atomic E-state index is 0.0195. The Hall–Kier alpha value is -1.73. The van der Waals surface area contributed by atoms with Crippen LogP contribution in [0.1, 0.15) is 26.2 Å². The molecule has 1 heterocycles. The Bertz CT molecular complexity index is 459. The molecule has 1 saturated carbocycles. The summed E-state index contributed by atoms with van der Waals surface area (Å²) in [5, 5.41) is 3.01. The average Bonchev–Trinajstić information content (AvgIpc) is 3.16. The molecule has 0 spiro atoms. The van der Waals surface area contributed by atoms with Gasteiger partial charge >= 0.3 is 6.18 Å². The summed E-state index contributed by atoms with van der Waals surface area (Å²) in [6.07, 6.45) is -1.89. The molecular weight excluding hydrogens is 271 g/mol. The van der Waals surface area contributed by atoms with Gasteiger partial charge in [0, 0.05) is 18.7 Å². The first-order valence-corrected chi connectivity index (χ1v) is 6.61. The second kappa shape index (κ2) is 5.72. The Morgan fingerprint density at radius 1 is 1.40 bits per heavy atom. The van der Waals surface area contributed by atoms with Gasteiger partial charge in [-0.3, -0.25) is 0 Å². The van der Waals surface area contributed by atoms with Crippen LogP contribution in [0.25, 0.3) is 0 Å². The lowest BCUT2D eigenvalue weighted by molar-refractivity contribution is -0.120. The lowest BCUT2D eigenvalue weighted by Crippen LogP contribution is -2.36. The summed E-state index contributed by atoms with van der Waals surface area (Å²) in [5.74, 6) is 0.673. The summed E-state index contributed by atoms with van der Waals surface area (Å²) < 4.78 is 38.0. The first-order chi connectivity index (χ1) is 9.39. The Morgan fingerprint density at radius 3 is 2.65 bits per heavy atom. The van der Waals surface area contributed by atoms with Crippen molar-refractivity contribution in [2.75, 3.05) is 29.0 Å². The molecule has 1 aromatic heterocycles. The molecule has 1 fully saturated rings. The van der Waals surface area contributed by atoms with Crippen LogP contribution in [0.5, 0.6) is 0 Å². The molecular formula is C12H18F3N5. The third kappa shape index (κ3) is 4.14. The number of nitrogens with one attached hydrogen (secondary N) is 1. The van der Waals surface area contributed by atoms with Crippen molar-refractivity contribution in [3.8, 4) is 0 Å². The molecule has 0 unspecified atom stereocenters. The Labute approximate surface area is 115 Å². The van der Waals surface area contributed by atoms with Gasteiger partial charge in [0.2, 0.25) is 5.95 Å². The summed E-state index contributed by atoms with van der Waals surface area (Å²) in [6.45, 7) is 1.65. The number of hydrogen-bond donors (Lipinski definition) is 2. The predicted octanol–water partition coefficient (Wildman–Crippen LogP) is 2.41. The van der Waals surface area contributed by atoms with Crippen LogP contribution in [0.15, 0.2) is 6.07 Å². The zero-order chi connectivity index (χ0) is 14.8. The SMILES string of the molecule is CCCNc1cc(N(CC(F)(F)F)C2CC2)nc(N)n1. The van der Waals surface area contributed by atoms with Gasteiger partial charge in [-0.25, -0.2) is 0 Å². The molecule has 3 N–H and O–H groups in total. The quantitative estimate of drug-likeness (QED) is 0.842. The number of hydrogen-bond acceptors (Lipinski definition) is 5. The Morgan fingerprint density at radius 2 is 2.10 bits per heavy atom. The molecule has 0 atom stereocenters. The Balaban J connectivity index is 2.21. The topological polar surface area (TPSA) is 67.1 Å². The van der Waals surface area contributed by atoms with Crippen molar-refractivity contribution in [3.63, 3.8) is 0 Å². The summed E-state index contributed by atoms with van der Waals surface area (Å²) in [4.78, 5) is 9.18. The average molecular weight is 289 g/mol. The van der Waals surface area contributed by atoms with E-state index in [4.69, 9.17) is 5.73 Å². The number of rotatable bonds is 6. The second-order valence-electron chi connectivity index (χ2n) is 4.87. The summed E-state index contributed by atoms with van der Waals surface area (Å²) in [7, 11) is 0. The summed E-state index contributed by atoms with van der Waals surface area (Å²) in [6, 6.07) is 1.42. The maximum absolute atomic E-state index is 12.7. The van der Waals surface area contributed by atoms with E-state index in [2.05, 4.69) is 15.3 Å². The molecule has 1 aromatic rings. The fourth-order valence-electron chi connectivity index (χ4n) is 1.92. The van der Waals surface area contributed by atoms with E-state index in [0.29, 0.717) is 12.4 Å². The van der Waals surface area contributed by atoms with Crippen molar-refractivity contribution in [2.45, 2.75) is 38.4 Å². The molecule has 2 rings (SSSR count). The lowest BCUT2D eigenvalue weighted by Gasteiger charge is -2.25. The zero-order valence-electron chi connectivity index (χ0n) is 11.2. The minimum Gasteiger partial charge on any atom is -0.370 e. The van der Waals surface area contributed by atoms with Crippen molar-refractivity contribution in [1.82, 2.24) is 9.97 Å². The molecule has 0 radical (unpaired) electrons. The highest BCUT2D eigenvalue weighted by Crippen LogP contribution is 2.34. The second-order valence-corrected chi connectivity index (χ2v) is 4.87. The van der Waals surface area contributed by atoms with E-state index in [0.717, 1.165) is 19.3 Å². The zero-order valence-corrected chi connectivity index (χ0v) is 11.2. The van der Waals surface area contributed by atoms with Crippen molar-refractivity contribution >= 4 is 17.6 Å². The van der Waals surface area contributed by atoms with E-state index in [9.17, 15) is 13.2 Å². The third-order valence-corrected chi connectivity index (χ3v) is 2.92. The van der Waals surface area contributed by atoms with E-state index in [-0.39, 0.29) is 17.8 Å². The number of nitrogens with two attached hydrogens (primary N) is 1. The highest BCUT2D eigenvalue weighted by atomic mass is 19.4. The van der Waals surface area contributed by atoms with Crippen molar-refractivity contribution in [1.29, 1.82) is 0 Å². The molecule has 0 saturated heterocycles. The van der Waals surface area contributed by atoms with Gasteiger partial charge in [0.05, 0.1) is 0 Å². The number of anilines is 3.